The Labute approximate surface area is 95.0 Å². The normalized spacial score (nSPS) is 10.0. The summed E-state index contributed by atoms with van der Waals surface area (Å²) in [6, 6.07) is 2.53. The van der Waals surface area contributed by atoms with E-state index in [0.29, 0.717) is 5.56 Å². The van der Waals surface area contributed by atoms with E-state index in [9.17, 15) is 19.8 Å². The van der Waals surface area contributed by atoms with Crippen LogP contribution in [0.3, 0.4) is 0 Å². The predicted molar refractivity (Wildman–Crippen MR) is 51.8 cm³/mol. The van der Waals surface area contributed by atoms with Crippen LogP contribution in [0, 0.1) is 0 Å². The number of rotatable bonds is 3. The molecule has 0 aromatic heterocycles. The molecule has 0 aliphatic rings. The van der Waals surface area contributed by atoms with E-state index in [-0.39, 0.29) is 22.2 Å². The van der Waals surface area contributed by atoms with Crippen LogP contribution in [0.5, 0.6) is 5.75 Å². The molecule has 1 aromatic rings. The minimum Gasteiger partial charge on any atom is -0.542 e. The number of aliphatic carboxylic acids is 1. The maximum atomic E-state index is 10.8. The Hall–Kier alpha value is -1.26. The van der Waals surface area contributed by atoms with Gasteiger partial charge in [0.15, 0.2) is 11.5 Å². The van der Waals surface area contributed by atoms with Gasteiger partial charge in [-0.25, -0.2) is 0 Å². The number of aromatic hydroxyl groups is 1. The lowest BCUT2D eigenvalue weighted by molar-refractivity contribution is -0.299. The second-order valence-electron chi connectivity index (χ2n) is 2.80. The van der Waals surface area contributed by atoms with E-state index in [4.69, 9.17) is 23.2 Å². The van der Waals surface area contributed by atoms with Crippen molar-refractivity contribution < 1.29 is 19.8 Å². The number of Topliss-reactive ketones (excluding diaryl/α,β-unsaturated/α-hetero) is 1. The molecule has 0 fully saturated rings. The molecule has 0 aliphatic heterocycles. The number of hydrogen-bond donors (Lipinski definition) is 1. The molecule has 80 valence electrons. The van der Waals surface area contributed by atoms with Crippen LogP contribution in [-0.2, 0) is 16.0 Å². The molecule has 0 saturated carbocycles. The van der Waals surface area contributed by atoms with Gasteiger partial charge in [0.05, 0.1) is 10.0 Å². The molecule has 1 rings (SSSR count). The lowest BCUT2D eigenvalue weighted by Crippen LogP contribution is -2.32. The van der Waals surface area contributed by atoms with Gasteiger partial charge in [0.1, 0.15) is 5.97 Å². The van der Waals surface area contributed by atoms with Crippen molar-refractivity contribution in [1.82, 2.24) is 0 Å². The molecule has 0 spiro atoms. The van der Waals surface area contributed by atoms with Gasteiger partial charge in [-0.1, -0.05) is 23.2 Å². The van der Waals surface area contributed by atoms with Gasteiger partial charge >= 0.3 is 0 Å². The molecule has 0 bridgehead atoms. The van der Waals surface area contributed by atoms with Crippen LogP contribution < -0.4 is 5.11 Å². The Morgan fingerprint density at radius 1 is 1.27 bits per heavy atom. The number of hydrogen-bond acceptors (Lipinski definition) is 4. The summed E-state index contributed by atoms with van der Waals surface area (Å²) in [6.45, 7) is 0. The fraction of sp³-hybridized carbons (Fsp3) is 0.111. The van der Waals surface area contributed by atoms with Gasteiger partial charge in [-0.2, -0.15) is 0 Å². The van der Waals surface area contributed by atoms with E-state index in [0.717, 1.165) is 0 Å². The van der Waals surface area contributed by atoms with E-state index < -0.39 is 11.8 Å². The topological polar surface area (TPSA) is 77.4 Å². The standard InChI is InChI=1S/C9H6Cl2O4/c10-5-1-4(2-6(11)8(5)13)3-7(12)9(14)15/h1-2,13H,3H2,(H,14,15)/p-1. The summed E-state index contributed by atoms with van der Waals surface area (Å²) in [4.78, 5) is 21.0. The van der Waals surface area contributed by atoms with Crippen molar-refractivity contribution in [2.45, 2.75) is 6.42 Å². The Balaban J connectivity index is 2.98. The Morgan fingerprint density at radius 2 is 1.73 bits per heavy atom. The van der Waals surface area contributed by atoms with E-state index >= 15 is 0 Å². The molecule has 15 heavy (non-hydrogen) atoms. The first-order valence-corrected chi connectivity index (χ1v) is 4.58. The first-order valence-electron chi connectivity index (χ1n) is 3.83. The maximum absolute atomic E-state index is 10.8. The minimum atomic E-state index is -1.77. The molecule has 0 amide bonds. The fourth-order valence-electron chi connectivity index (χ4n) is 0.978. The summed E-state index contributed by atoms with van der Waals surface area (Å²) >= 11 is 11.1. The van der Waals surface area contributed by atoms with Crippen LogP contribution in [0.1, 0.15) is 5.56 Å². The number of phenols is 1. The quantitative estimate of drug-likeness (QED) is 0.793. The fourth-order valence-corrected chi connectivity index (χ4v) is 1.51. The molecule has 0 saturated heterocycles. The van der Waals surface area contributed by atoms with Crippen LogP contribution in [0.2, 0.25) is 10.0 Å². The molecule has 6 heteroatoms. The predicted octanol–water partition coefficient (Wildman–Crippen LogP) is 0.560. The van der Waals surface area contributed by atoms with Crippen molar-refractivity contribution in [1.29, 1.82) is 0 Å². The number of carboxylic acids is 1. The lowest BCUT2D eigenvalue weighted by Gasteiger charge is -2.05. The summed E-state index contributed by atoms with van der Waals surface area (Å²) in [5.41, 5.74) is 0.303. The number of carboxylic acid groups (broad SMARTS) is 1. The van der Waals surface area contributed by atoms with Crippen molar-refractivity contribution in [3.05, 3.63) is 27.7 Å². The van der Waals surface area contributed by atoms with Gasteiger partial charge in [-0.3, -0.25) is 4.79 Å². The summed E-state index contributed by atoms with van der Waals surface area (Å²) in [5, 5.41) is 19.3. The number of phenolic OH excluding ortho intramolecular Hbond substituents is 1. The van der Waals surface area contributed by atoms with Crippen LogP contribution in [0.25, 0.3) is 0 Å². The second-order valence-corrected chi connectivity index (χ2v) is 3.61. The highest BCUT2D eigenvalue weighted by atomic mass is 35.5. The third-order valence-electron chi connectivity index (χ3n) is 1.67. The SMILES string of the molecule is O=C([O-])C(=O)Cc1cc(Cl)c(O)c(Cl)c1. The molecule has 1 aromatic carbocycles. The zero-order valence-electron chi connectivity index (χ0n) is 7.29. The average molecular weight is 248 g/mol. The third-order valence-corrected chi connectivity index (χ3v) is 2.25. The monoisotopic (exact) mass is 247 g/mol. The Kier molecular flexibility index (Phi) is 3.55. The molecule has 1 N–H and O–H groups in total. The van der Waals surface area contributed by atoms with Crippen molar-refractivity contribution in [3.63, 3.8) is 0 Å². The summed E-state index contributed by atoms with van der Waals surface area (Å²) < 4.78 is 0. The molecule has 0 radical (unpaired) electrons. The van der Waals surface area contributed by atoms with Crippen molar-refractivity contribution in [2.24, 2.45) is 0 Å². The Morgan fingerprint density at radius 3 is 2.13 bits per heavy atom. The molecule has 0 aliphatic carbocycles. The smallest absolute Gasteiger partial charge is 0.182 e. The Bertz CT molecular complexity index is 405. The van der Waals surface area contributed by atoms with Crippen LogP contribution in [0.4, 0.5) is 0 Å². The van der Waals surface area contributed by atoms with E-state index in [2.05, 4.69) is 0 Å². The van der Waals surface area contributed by atoms with E-state index in [1.807, 2.05) is 0 Å². The van der Waals surface area contributed by atoms with E-state index in [1.54, 1.807) is 0 Å². The van der Waals surface area contributed by atoms with Gasteiger partial charge < -0.3 is 15.0 Å². The largest absolute Gasteiger partial charge is 0.542 e. The van der Waals surface area contributed by atoms with Crippen LogP contribution in [-0.4, -0.2) is 16.9 Å². The van der Waals surface area contributed by atoms with Gasteiger partial charge in [0.2, 0.25) is 0 Å². The summed E-state index contributed by atoms with van der Waals surface area (Å²) in [5.74, 6) is -3.15. The van der Waals surface area contributed by atoms with Crippen molar-refractivity contribution in [3.8, 4) is 5.75 Å². The number of carbonyl (C=O) groups excluding carboxylic acids is 2. The zero-order chi connectivity index (χ0) is 11.6. The van der Waals surface area contributed by atoms with Crippen molar-refractivity contribution >= 4 is 35.0 Å². The highest BCUT2D eigenvalue weighted by Crippen LogP contribution is 2.32. The number of halogens is 2. The first kappa shape index (κ1) is 11.8. The molecule has 0 atom stereocenters. The third kappa shape index (κ3) is 2.84. The molecular weight excluding hydrogens is 243 g/mol. The second kappa shape index (κ2) is 4.51. The summed E-state index contributed by atoms with van der Waals surface area (Å²) in [7, 11) is 0. The lowest BCUT2D eigenvalue weighted by atomic mass is 10.1. The molecule has 4 nitrogen and oxygen atoms in total. The van der Waals surface area contributed by atoms with Crippen LogP contribution in [0.15, 0.2) is 12.1 Å². The number of benzene rings is 1. The average Bonchev–Trinajstić information content (AvgIpc) is 2.13. The minimum absolute atomic E-state index is 0.0383. The van der Waals surface area contributed by atoms with Gasteiger partial charge in [0.25, 0.3) is 0 Å². The number of ketones is 1. The molecular formula is C9H5Cl2O4-. The van der Waals surface area contributed by atoms with Crippen LogP contribution >= 0.6 is 23.2 Å². The zero-order valence-corrected chi connectivity index (χ0v) is 8.80. The van der Waals surface area contributed by atoms with Gasteiger partial charge in [0, 0.05) is 6.42 Å². The first-order chi connectivity index (χ1) is 6.91. The highest BCUT2D eigenvalue weighted by Gasteiger charge is 2.10. The maximum Gasteiger partial charge on any atom is 0.182 e. The van der Waals surface area contributed by atoms with E-state index in [1.165, 1.54) is 12.1 Å². The van der Waals surface area contributed by atoms with Gasteiger partial charge in [-0.05, 0) is 17.7 Å². The van der Waals surface area contributed by atoms with Crippen molar-refractivity contribution in [2.75, 3.05) is 0 Å². The molecule has 0 unspecified atom stereocenters. The van der Waals surface area contributed by atoms with Gasteiger partial charge in [-0.15, -0.1) is 0 Å². The number of carbonyl (C=O) groups is 2. The highest BCUT2D eigenvalue weighted by molar-refractivity contribution is 6.37. The molecule has 0 heterocycles. The summed E-state index contributed by atoms with van der Waals surface area (Å²) in [6.07, 6.45) is -0.373.